The van der Waals surface area contributed by atoms with Gasteiger partial charge in [-0.2, -0.15) is 0 Å². The minimum atomic E-state index is 1.21. The van der Waals surface area contributed by atoms with Crippen molar-refractivity contribution in [1.29, 1.82) is 0 Å². The van der Waals surface area contributed by atoms with E-state index in [0.29, 0.717) is 0 Å². The Morgan fingerprint density at radius 2 is 1.62 bits per heavy atom. The molecule has 44 valence electrons. The molecule has 0 fully saturated rings. The van der Waals surface area contributed by atoms with Gasteiger partial charge in [0.1, 0.15) is 0 Å². The fourth-order valence-corrected chi connectivity index (χ4v) is 0.712. The first-order chi connectivity index (χ1) is 4.00. The minimum Gasteiger partial charge on any atom is -0.368 e. The van der Waals surface area contributed by atoms with Crippen LogP contribution in [0, 0.1) is 0 Å². The van der Waals surface area contributed by atoms with Gasteiger partial charge >= 0.3 is 0 Å². The largest absolute Gasteiger partial charge is 0.368 e. The molecule has 0 atom stereocenters. The lowest BCUT2D eigenvalue weighted by Gasteiger charge is -1.95. The average Bonchev–Trinajstić information content (AvgIpc) is 1.62. The van der Waals surface area contributed by atoms with Crippen molar-refractivity contribution in [2.75, 3.05) is 0 Å². The van der Waals surface area contributed by atoms with Gasteiger partial charge in [-0.05, 0) is 31.7 Å². The molecule has 0 aromatic rings. The number of nitrogens with one attached hydrogen (secondary N) is 1. The van der Waals surface area contributed by atoms with Crippen LogP contribution >= 0.6 is 0 Å². The topological polar surface area (TPSA) is 12.0 Å². The monoisotopic (exact) mass is 109 g/mol. The summed E-state index contributed by atoms with van der Waals surface area (Å²) in [4.78, 5) is 0. The van der Waals surface area contributed by atoms with E-state index in [1.54, 1.807) is 0 Å². The van der Waals surface area contributed by atoms with Crippen LogP contribution in [0.5, 0.6) is 0 Å². The van der Waals surface area contributed by atoms with E-state index in [9.17, 15) is 0 Å². The zero-order chi connectivity index (χ0) is 5.66. The zero-order valence-electron chi connectivity index (χ0n) is 4.93. The molecule has 0 radical (unpaired) electrons. The highest BCUT2D eigenvalue weighted by Gasteiger charge is 1.81. The van der Waals surface area contributed by atoms with Crippen molar-refractivity contribution in [2.24, 2.45) is 0 Å². The van der Waals surface area contributed by atoms with Crippen molar-refractivity contribution in [3.05, 3.63) is 24.6 Å². The normalized spacial score (nSPS) is 23.0. The lowest BCUT2D eigenvalue weighted by molar-refractivity contribution is 0.848. The Morgan fingerprint density at radius 3 is 2.25 bits per heavy atom. The summed E-state index contributed by atoms with van der Waals surface area (Å²) in [5.74, 6) is 0. The number of allylic oxidation sites excluding steroid dienone is 2. The van der Waals surface area contributed by atoms with Gasteiger partial charge in [-0.25, -0.2) is 0 Å². The standard InChI is InChI=1S/C7H11N/c1-2-4-6-8-7-5-3-1/h4-8H,1-3H2/b6-4-,7-5?. The molecule has 1 N–H and O–H groups in total. The van der Waals surface area contributed by atoms with Crippen LogP contribution in [0.25, 0.3) is 0 Å². The molecule has 0 saturated heterocycles. The molecule has 1 aliphatic rings. The summed E-state index contributed by atoms with van der Waals surface area (Å²) in [6.45, 7) is 0. The second-order valence-corrected chi connectivity index (χ2v) is 1.90. The van der Waals surface area contributed by atoms with Gasteiger partial charge in [-0.3, -0.25) is 0 Å². The number of rotatable bonds is 0. The molecule has 0 aromatic heterocycles. The molecule has 1 heteroatoms. The molecule has 0 bridgehead atoms. The molecule has 1 rings (SSSR count). The Bertz CT molecular complexity index is 91.0. The van der Waals surface area contributed by atoms with E-state index < -0.39 is 0 Å². The first-order valence-electron chi connectivity index (χ1n) is 3.06. The third-order valence-electron chi connectivity index (χ3n) is 1.17. The molecule has 1 nitrogen and oxygen atoms in total. The van der Waals surface area contributed by atoms with Crippen LogP contribution in [0.1, 0.15) is 19.3 Å². The van der Waals surface area contributed by atoms with E-state index in [4.69, 9.17) is 0 Å². The van der Waals surface area contributed by atoms with Gasteiger partial charge < -0.3 is 5.32 Å². The summed E-state index contributed by atoms with van der Waals surface area (Å²) in [5.41, 5.74) is 0. The summed E-state index contributed by atoms with van der Waals surface area (Å²) in [5, 5.41) is 3.03. The van der Waals surface area contributed by atoms with E-state index in [0.717, 1.165) is 0 Å². The molecule has 0 amide bonds. The van der Waals surface area contributed by atoms with Crippen LogP contribution in [0.15, 0.2) is 24.6 Å². The Morgan fingerprint density at radius 1 is 1.00 bits per heavy atom. The zero-order valence-corrected chi connectivity index (χ0v) is 4.93. The van der Waals surface area contributed by atoms with Gasteiger partial charge in [0.05, 0.1) is 0 Å². The van der Waals surface area contributed by atoms with E-state index in [2.05, 4.69) is 17.5 Å². The molecular weight excluding hydrogens is 98.1 g/mol. The van der Waals surface area contributed by atoms with Crippen LogP contribution in [0.2, 0.25) is 0 Å². The van der Waals surface area contributed by atoms with Gasteiger partial charge in [0.2, 0.25) is 0 Å². The highest BCUT2D eigenvalue weighted by molar-refractivity contribution is 4.91. The van der Waals surface area contributed by atoms with Gasteiger partial charge in [-0.1, -0.05) is 12.2 Å². The van der Waals surface area contributed by atoms with E-state index in [1.165, 1.54) is 19.3 Å². The van der Waals surface area contributed by atoms with Crippen molar-refractivity contribution in [1.82, 2.24) is 5.32 Å². The summed E-state index contributed by atoms with van der Waals surface area (Å²) < 4.78 is 0. The smallest absolute Gasteiger partial charge is 0.00358 e. The predicted molar refractivity (Wildman–Crippen MR) is 35.3 cm³/mol. The van der Waals surface area contributed by atoms with Crippen LogP contribution in [-0.2, 0) is 0 Å². The molecular formula is C7H11N. The van der Waals surface area contributed by atoms with Gasteiger partial charge in [-0.15, -0.1) is 0 Å². The van der Waals surface area contributed by atoms with Crippen molar-refractivity contribution in [3.8, 4) is 0 Å². The van der Waals surface area contributed by atoms with Gasteiger partial charge in [0.25, 0.3) is 0 Å². The summed E-state index contributed by atoms with van der Waals surface area (Å²) in [6, 6.07) is 0. The van der Waals surface area contributed by atoms with Crippen LogP contribution in [-0.4, -0.2) is 0 Å². The van der Waals surface area contributed by atoms with E-state index in [1.807, 2.05) is 12.4 Å². The molecule has 1 heterocycles. The second-order valence-electron chi connectivity index (χ2n) is 1.90. The minimum absolute atomic E-state index is 1.21. The first-order valence-corrected chi connectivity index (χ1v) is 3.06. The molecule has 8 heavy (non-hydrogen) atoms. The summed E-state index contributed by atoms with van der Waals surface area (Å²) in [6.07, 6.45) is 12.0. The predicted octanol–water partition coefficient (Wildman–Crippen LogP) is 1.79. The number of hydrogen-bond donors (Lipinski definition) is 1. The fraction of sp³-hybridized carbons (Fsp3) is 0.429. The highest BCUT2D eigenvalue weighted by Crippen LogP contribution is 1.98. The quantitative estimate of drug-likeness (QED) is 0.500. The summed E-state index contributed by atoms with van der Waals surface area (Å²) >= 11 is 0. The summed E-state index contributed by atoms with van der Waals surface area (Å²) in [7, 11) is 0. The Hall–Kier alpha value is -0.720. The highest BCUT2D eigenvalue weighted by atomic mass is 14.8. The van der Waals surface area contributed by atoms with Crippen molar-refractivity contribution < 1.29 is 0 Å². The maximum atomic E-state index is 3.03. The maximum absolute atomic E-state index is 3.03. The molecule has 0 saturated carbocycles. The SMILES string of the molecule is C1=CN/C=C\CCC1. The second kappa shape index (κ2) is 3.30. The third kappa shape index (κ3) is 1.82. The first kappa shape index (κ1) is 5.42. The van der Waals surface area contributed by atoms with Crippen LogP contribution in [0.3, 0.4) is 0 Å². The van der Waals surface area contributed by atoms with Crippen LogP contribution < -0.4 is 5.32 Å². The molecule has 0 spiro atoms. The molecule has 1 aliphatic heterocycles. The van der Waals surface area contributed by atoms with Gasteiger partial charge in [0, 0.05) is 0 Å². The van der Waals surface area contributed by atoms with Crippen molar-refractivity contribution in [2.45, 2.75) is 19.3 Å². The van der Waals surface area contributed by atoms with Crippen molar-refractivity contribution >= 4 is 0 Å². The molecule has 0 aromatic carbocycles. The average molecular weight is 109 g/mol. The number of hydrogen-bond acceptors (Lipinski definition) is 1. The Kier molecular flexibility index (Phi) is 2.24. The lowest BCUT2D eigenvalue weighted by atomic mass is 10.2. The van der Waals surface area contributed by atoms with Crippen molar-refractivity contribution in [3.63, 3.8) is 0 Å². The Labute approximate surface area is 50.1 Å². The third-order valence-corrected chi connectivity index (χ3v) is 1.17. The van der Waals surface area contributed by atoms with Gasteiger partial charge in [0.15, 0.2) is 0 Å². The van der Waals surface area contributed by atoms with E-state index in [-0.39, 0.29) is 0 Å². The molecule has 0 unspecified atom stereocenters. The maximum Gasteiger partial charge on any atom is -0.00358 e. The van der Waals surface area contributed by atoms with Crippen LogP contribution in [0.4, 0.5) is 0 Å². The fourth-order valence-electron chi connectivity index (χ4n) is 0.712. The lowest BCUT2D eigenvalue weighted by Crippen LogP contribution is -1.92. The Balaban J connectivity index is 2.31. The van der Waals surface area contributed by atoms with E-state index >= 15 is 0 Å². The molecule has 0 aliphatic carbocycles.